The Morgan fingerprint density at radius 2 is 2.08 bits per heavy atom. The molecule has 3 nitrogen and oxygen atoms in total. The van der Waals surface area contributed by atoms with Crippen molar-refractivity contribution in [1.82, 2.24) is 15.0 Å². The summed E-state index contributed by atoms with van der Waals surface area (Å²) in [6, 6.07) is 0. The number of hydrogen-bond donors (Lipinski definition) is 0. The van der Waals surface area contributed by atoms with Gasteiger partial charge in [0.15, 0.2) is 0 Å². The first kappa shape index (κ1) is 11.9. The van der Waals surface area contributed by atoms with Crippen molar-refractivity contribution in [3.05, 3.63) is 18.2 Å². The van der Waals surface area contributed by atoms with Gasteiger partial charge in [0.25, 0.3) is 0 Å². The molecule has 0 N–H and O–H groups in total. The van der Waals surface area contributed by atoms with E-state index in [9.17, 15) is 0 Å². The molecule has 0 fully saturated rings. The van der Waals surface area contributed by atoms with Gasteiger partial charge in [0.05, 0.1) is 0 Å². The van der Waals surface area contributed by atoms with E-state index in [1.54, 1.807) is 0 Å². The van der Waals surface area contributed by atoms with Crippen molar-refractivity contribution >= 4 is 20.9 Å². The molecule has 1 unspecified atom stereocenters. The monoisotopic (exact) mass is 350 g/mol. The summed E-state index contributed by atoms with van der Waals surface area (Å²) in [4.78, 5) is 12.1. The van der Waals surface area contributed by atoms with Gasteiger partial charge in [0, 0.05) is 33.3 Å². The van der Waals surface area contributed by atoms with Crippen LogP contribution >= 0.6 is 9.24 Å². The van der Waals surface area contributed by atoms with E-state index < -0.39 is 0 Å². The summed E-state index contributed by atoms with van der Waals surface area (Å²) in [6.45, 7) is 7.24. The predicted octanol–water partition coefficient (Wildman–Crippen LogP) is 0.378. The Bertz CT molecular complexity index is 277. The van der Waals surface area contributed by atoms with Crippen molar-refractivity contribution in [2.75, 3.05) is 0 Å². The zero-order chi connectivity index (χ0) is 8.27. The summed E-state index contributed by atoms with van der Waals surface area (Å²) >= 11 is 0. The Morgan fingerprint density at radius 1 is 1.42 bits per heavy atom. The molecule has 0 aliphatic rings. The molecule has 1 aromatic heterocycles. The second-order valence-electron chi connectivity index (χ2n) is 1.99. The van der Waals surface area contributed by atoms with Crippen LogP contribution in [-0.2, 0) is 27.5 Å². The summed E-state index contributed by atoms with van der Waals surface area (Å²) in [7, 11) is 2.42. The van der Waals surface area contributed by atoms with E-state index in [-0.39, 0.29) is 21.1 Å². The van der Waals surface area contributed by atoms with Crippen LogP contribution in [0, 0.1) is 6.58 Å². The van der Waals surface area contributed by atoms with Gasteiger partial charge in [0.1, 0.15) is 11.4 Å². The molecule has 0 bridgehead atoms. The largest absolute Gasteiger partial charge is 0.312 e. The van der Waals surface area contributed by atoms with E-state index in [1.165, 1.54) is 6.08 Å². The van der Waals surface area contributed by atoms with Crippen LogP contribution < -0.4 is 5.57 Å². The molecule has 1 atom stereocenters. The Hall–Kier alpha value is -0.132. The first-order valence-electron chi connectivity index (χ1n) is 3.31. The van der Waals surface area contributed by atoms with Gasteiger partial charge in [-0.15, -0.1) is 0 Å². The van der Waals surface area contributed by atoms with Crippen molar-refractivity contribution in [2.45, 2.75) is 13.3 Å². The Morgan fingerprint density at radius 3 is 2.58 bits per heavy atom. The second-order valence-corrected chi connectivity index (χ2v) is 2.50. The van der Waals surface area contributed by atoms with Crippen molar-refractivity contribution in [3.8, 4) is 0 Å². The van der Waals surface area contributed by atoms with Gasteiger partial charge >= 0.3 is 0 Å². The zero-order valence-electron chi connectivity index (χ0n) is 6.69. The molecule has 1 rings (SSSR count). The standard InChI is InChI=1S/C7H9N3P.W/c1-3-5-8-6(4-2)10-7(11)9-5;/h1,3H,4,11H2,2H3;/q-1;. The van der Waals surface area contributed by atoms with Gasteiger partial charge in [-0.3, -0.25) is 6.58 Å². The average Bonchev–Trinajstić information content (AvgIpc) is 2.03. The minimum absolute atomic E-state index is 0. The zero-order valence-corrected chi connectivity index (χ0v) is 10.8. The summed E-state index contributed by atoms with van der Waals surface area (Å²) in [5, 5.41) is 0. The van der Waals surface area contributed by atoms with Gasteiger partial charge in [-0.05, 0) is 0 Å². The molecular weight excluding hydrogens is 341 g/mol. The SMILES string of the molecule is [CH-]=Cc1nc(P)nc(CC)n1.[W]. The maximum absolute atomic E-state index is 5.26. The quantitative estimate of drug-likeness (QED) is 0.572. The Kier molecular flexibility index (Phi) is 5.44. The number of hydrogen-bond acceptors (Lipinski definition) is 3. The molecule has 0 aliphatic carbocycles. The van der Waals surface area contributed by atoms with Crippen molar-refractivity contribution in [2.24, 2.45) is 0 Å². The fraction of sp³-hybridized carbons (Fsp3) is 0.286. The maximum atomic E-state index is 5.26. The van der Waals surface area contributed by atoms with Crippen LogP contribution in [0.3, 0.4) is 0 Å². The van der Waals surface area contributed by atoms with Crippen LogP contribution in [0.2, 0.25) is 0 Å². The van der Waals surface area contributed by atoms with Crippen LogP contribution in [0.25, 0.3) is 6.08 Å². The third kappa shape index (κ3) is 3.08. The van der Waals surface area contributed by atoms with E-state index in [2.05, 4.69) is 24.2 Å². The molecule has 1 aromatic rings. The number of nitrogens with zero attached hydrogens (tertiary/aromatic N) is 3. The molecule has 0 radical (unpaired) electrons. The topological polar surface area (TPSA) is 38.7 Å². The van der Waals surface area contributed by atoms with Crippen LogP contribution in [0.1, 0.15) is 18.6 Å². The smallest absolute Gasteiger partial charge is 0.130 e. The Balaban J connectivity index is 0.00000121. The fourth-order valence-electron chi connectivity index (χ4n) is 0.689. The van der Waals surface area contributed by atoms with Crippen molar-refractivity contribution in [3.63, 3.8) is 0 Å². The second kappa shape index (κ2) is 5.50. The molecule has 0 saturated heterocycles. The molecule has 64 valence electrons. The van der Waals surface area contributed by atoms with Crippen LogP contribution in [0.15, 0.2) is 0 Å². The average molecular weight is 350 g/mol. The third-order valence-corrected chi connectivity index (χ3v) is 1.44. The fourth-order valence-corrected chi connectivity index (χ4v) is 0.971. The first-order chi connectivity index (χ1) is 5.26. The first-order valence-corrected chi connectivity index (χ1v) is 3.89. The van der Waals surface area contributed by atoms with Crippen LogP contribution in [0.5, 0.6) is 0 Å². The van der Waals surface area contributed by atoms with Gasteiger partial charge in [0.2, 0.25) is 0 Å². The molecule has 0 saturated carbocycles. The summed E-state index contributed by atoms with van der Waals surface area (Å²) in [5.74, 6) is 1.29. The molecule has 0 amide bonds. The van der Waals surface area contributed by atoms with E-state index in [0.29, 0.717) is 11.4 Å². The molecule has 0 aromatic carbocycles. The van der Waals surface area contributed by atoms with Gasteiger partial charge < -0.3 is 9.97 Å². The maximum Gasteiger partial charge on any atom is 0.130 e. The van der Waals surface area contributed by atoms with E-state index >= 15 is 0 Å². The molecule has 0 spiro atoms. The van der Waals surface area contributed by atoms with Crippen LogP contribution in [-0.4, -0.2) is 15.0 Å². The van der Waals surface area contributed by atoms with E-state index in [0.717, 1.165) is 12.2 Å². The number of aromatic nitrogens is 3. The summed E-state index contributed by atoms with van der Waals surface area (Å²) in [5.41, 5.74) is 0.633. The molecule has 12 heavy (non-hydrogen) atoms. The minimum atomic E-state index is 0. The third-order valence-electron chi connectivity index (χ3n) is 1.18. The van der Waals surface area contributed by atoms with E-state index in [1.807, 2.05) is 6.92 Å². The summed E-state index contributed by atoms with van der Waals surface area (Å²) < 4.78 is 0. The molecule has 1 heterocycles. The van der Waals surface area contributed by atoms with Crippen molar-refractivity contribution in [1.29, 1.82) is 0 Å². The molecular formula is C7H9N3PW-. The van der Waals surface area contributed by atoms with Gasteiger partial charge in [-0.2, -0.15) is 6.08 Å². The molecule has 5 heteroatoms. The minimum Gasteiger partial charge on any atom is -0.312 e. The van der Waals surface area contributed by atoms with Crippen LogP contribution in [0.4, 0.5) is 0 Å². The number of rotatable bonds is 2. The van der Waals surface area contributed by atoms with Gasteiger partial charge in [-0.25, -0.2) is 4.98 Å². The predicted molar refractivity (Wildman–Crippen MR) is 47.3 cm³/mol. The Labute approximate surface area is 88.6 Å². The normalized spacial score (nSPS) is 8.83. The molecule has 0 aliphatic heterocycles. The summed E-state index contributed by atoms with van der Waals surface area (Å²) in [6.07, 6.45) is 2.17. The van der Waals surface area contributed by atoms with E-state index in [4.69, 9.17) is 6.58 Å². The van der Waals surface area contributed by atoms with Crippen molar-refractivity contribution < 1.29 is 21.1 Å². The number of aryl methyl sites for hydroxylation is 1. The van der Waals surface area contributed by atoms with Gasteiger partial charge in [-0.1, -0.05) is 16.2 Å².